The van der Waals surface area contributed by atoms with E-state index in [1.807, 2.05) is 48.5 Å². The van der Waals surface area contributed by atoms with Gasteiger partial charge in [0.15, 0.2) is 11.5 Å². The highest BCUT2D eigenvalue weighted by Gasteiger charge is 2.15. The summed E-state index contributed by atoms with van der Waals surface area (Å²) in [7, 11) is 3.18. The van der Waals surface area contributed by atoms with Crippen LogP contribution in [-0.4, -0.2) is 33.0 Å². The van der Waals surface area contributed by atoms with E-state index in [2.05, 4.69) is 4.99 Å². The summed E-state index contributed by atoms with van der Waals surface area (Å²) in [5.41, 5.74) is 1.83. The van der Waals surface area contributed by atoms with Crippen molar-refractivity contribution in [1.82, 2.24) is 0 Å². The Kier molecular flexibility index (Phi) is 7.01. The van der Waals surface area contributed by atoms with Gasteiger partial charge in [0.2, 0.25) is 0 Å². The normalized spacial score (nSPS) is 12.0. The first-order chi connectivity index (χ1) is 12.2. The third-order valence-electron chi connectivity index (χ3n) is 3.66. The molecule has 0 N–H and O–H groups in total. The number of carbonyl (C=O) groups excluding carboxylic acids is 1. The Bertz CT molecular complexity index is 713. The summed E-state index contributed by atoms with van der Waals surface area (Å²) in [4.78, 5) is 16.5. The Morgan fingerprint density at radius 3 is 2.44 bits per heavy atom. The minimum Gasteiger partial charge on any atom is -0.493 e. The summed E-state index contributed by atoms with van der Waals surface area (Å²) in [6.07, 6.45) is 1.93. The van der Waals surface area contributed by atoms with Crippen LogP contribution in [0.2, 0.25) is 0 Å². The number of nitrogens with zero attached hydrogens (tertiary/aromatic N) is 1. The maximum Gasteiger partial charge on any atom is 0.308 e. The lowest BCUT2D eigenvalue weighted by Gasteiger charge is -2.12. The minimum absolute atomic E-state index is 0.196. The van der Waals surface area contributed by atoms with Gasteiger partial charge in [-0.1, -0.05) is 30.3 Å². The Morgan fingerprint density at radius 2 is 1.80 bits per heavy atom. The van der Waals surface area contributed by atoms with E-state index in [0.29, 0.717) is 18.1 Å². The largest absolute Gasteiger partial charge is 0.493 e. The van der Waals surface area contributed by atoms with Crippen molar-refractivity contribution in [2.75, 3.05) is 20.8 Å². The van der Waals surface area contributed by atoms with E-state index in [1.54, 1.807) is 27.4 Å². The lowest BCUT2D eigenvalue weighted by atomic mass is 10.0. The third kappa shape index (κ3) is 5.35. The number of rotatable bonds is 8. The number of aliphatic imine (C=N–C) groups is 1. The van der Waals surface area contributed by atoms with Crippen molar-refractivity contribution < 1.29 is 19.0 Å². The lowest BCUT2D eigenvalue weighted by Crippen LogP contribution is -2.09. The first-order valence-corrected chi connectivity index (χ1v) is 8.13. The Balaban J connectivity index is 2.23. The Labute approximate surface area is 148 Å². The van der Waals surface area contributed by atoms with E-state index in [4.69, 9.17) is 14.2 Å². The van der Waals surface area contributed by atoms with Crippen LogP contribution in [0.3, 0.4) is 0 Å². The molecule has 1 unspecified atom stereocenters. The summed E-state index contributed by atoms with van der Waals surface area (Å²) in [5, 5.41) is 0. The number of hydrogen-bond donors (Lipinski definition) is 0. The van der Waals surface area contributed by atoms with Gasteiger partial charge in [0.1, 0.15) is 0 Å². The number of ether oxygens (including phenoxy) is 3. The van der Waals surface area contributed by atoms with Gasteiger partial charge in [-0.05, 0) is 36.2 Å². The highest BCUT2D eigenvalue weighted by molar-refractivity contribution is 5.81. The molecule has 0 aliphatic carbocycles. The van der Waals surface area contributed by atoms with E-state index in [9.17, 15) is 4.79 Å². The highest BCUT2D eigenvalue weighted by atomic mass is 16.5. The van der Waals surface area contributed by atoms with Gasteiger partial charge < -0.3 is 14.2 Å². The molecule has 0 aliphatic rings. The monoisotopic (exact) mass is 341 g/mol. The molecule has 2 rings (SSSR count). The van der Waals surface area contributed by atoms with Crippen LogP contribution in [0.4, 0.5) is 0 Å². The molecule has 0 amide bonds. The van der Waals surface area contributed by atoms with Crippen molar-refractivity contribution in [2.24, 2.45) is 4.99 Å². The number of esters is 1. The van der Waals surface area contributed by atoms with E-state index in [1.165, 1.54) is 0 Å². The molecule has 1 atom stereocenters. The average Bonchev–Trinajstić information content (AvgIpc) is 2.65. The molecule has 0 saturated heterocycles. The third-order valence-corrected chi connectivity index (χ3v) is 3.66. The first kappa shape index (κ1) is 18.5. The Morgan fingerprint density at radius 1 is 1.08 bits per heavy atom. The average molecular weight is 341 g/mol. The van der Waals surface area contributed by atoms with Crippen LogP contribution in [0, 0.1) is 0 Å². The minimum atomic E-state index is -0.298. The molecule has 0 bridgehead atoms. The second kappa shape index (κ2) is 9.47. The molecular weight excluding hydrogens is 318 g/mol. The van der Waals surface area contributed by atoms with Crippen molar-refractivity contribution in [3.63, 3.8) is 0 Å². The SMILES string of the molecule is CCOC(=O)CC(N=Cc1ccc(OC)c(OC)c1)c1ccccc1. The van der Waals surface area contributed by atoms with E-state index >= 15 is 0 Å². The maximum absolute atomic E-state index is 11.9. The molecule has 0 radical (unpaired) electrons. The van der Waals surface area contributed by atoms with Crippen LogP contribution >= 0.6 is 0 Å². The molecule has 0 heterocycles. The summed E-state index contributed by atoms with van der Waals surface area (Å²) in [5.74, 6) is 1.03. The van der Waals surface area contributed by atoms with Gasteiger partial charge in [-0.2, -0.15) is 0 Å². The smallest absolute Gasteiger partial charge is 0.308 e. The topological polar surface area (TPSA) is 57.1 Å². The molecule has 0 fully saturated rings. The van der Waals surface area contributed by atoms with Crippen molar-refractivity contribution >= 4 is 12.2 Å². The van der Waals surface area contributed by atoms with Gasteiger partial charge >= 0.3 is 5.97 Å². The predicted molar refractivity (Wildman–Crippen MR) is 97.6 cm³/mol. The standard InChI is InChI=1S/C20H23NO4/c1-4-25-20(22)13-17(16-8-6-5-7-9-16)21-14-15-10-11-18(23-2)19(12-15)24-3/h5-12,14,17H,4,13H2,1-3H3. The molecule has 5 heteroatoms. The van der Waals surface area contributed by atoms with Gasteiger partial charge in [0, 0.05) is 6.21 Å². The van der Waals surface area contributed by atoms with Crippen LogP contribution in [-0.2, 0) is 9.53 Å². The van der Waals surface area contributed by atoms with Gasteiger partial charge in [0.25, 0.3) is 0 Å². The predicted octanol–water partition coefficient (Wildman–Crippen LogP) is 3.82. The fourth-order valence-electron chi connectivity index (χ4n) is 2.42. The number of methoxy groups -OCH3 is 2. The molecule has 132 valence electrons. The van der Waals surface area contributed by atoms with E-state index < -0.39 is 0 Å². The number of hydrogen-bond acceptors (Lipinski definition) is 5. The van der Waals surface area contributed by atoms with Crippen molar-refractivity contribution in [1.29, 1.82) is 0 Å². The molecular formula is C20H23NO4. The van der Waals surface area contributed by atoms with Crippen LogP contribution in [0.15, 0.2) is 53.5 Å². The molecule has 0 saturated carbocycles. The molecule has 2 aromatic rings. The van der Waals surface area contributed by atoms with Crippen molar-refractivity contribution in [3.8, 4) is 11.5 Å². The first-order valence-electron chi connectivity index (χ1n) is 8.13. The zero-order valence-corrected chi connectivity index (χ0v) is 14.8. The summed E-state index contributed by atoms with van der Waals surface area (Å²) in [6, 6.07) is 15.0. The lowest BCUT2D eigenvalue weighted by molar-refractivity contribution is -0.143. The van der Waals surface area contributed by atoms with Crippen LogP contribution < -0.4 is 9.47 Å². The summed E-state index contributed by atoms with van der Waals surface area (Å²) in [6.45, 7) is 2.15. The van der Waals surface area contributed by atoms with Gasteiger partial charge in [-0.3, -0.25) is 9.79 Å². The van der Waals surface area contributed by atoms with Gasteiger partial charge in [-0.25, -0.2) is 0 Å². The molecule has 0 spiro atoms. The molecule has 0 aliphatic heterocycles. The highest BCUT2D eigenvalue weighted by Crippen LogP contribution is 2.27. The molecule has 0 aromatic heterocycles. The van der Waals surface area contributed by atoms with E-state index in [-0.39, 0.29) is 18.4 Å². The summed E-state index contributed by atoms with van der Waals surface area (Å²) < 4.78 is 15.6. The van der Waals surface area contributed by atoms with Gasteiger partial charge in [0.05, 0.1) is 33.3 Å². The van der Waals surface area contributed by atoms with Crippen LogP contribution in [0.1, 0.15) is 30.5 Å². The number of carbonyl (C=O) groups is 1. The van der Waals surface area contributed by atoms with Crippen molar-refractivity contribution in [2.45, 2.75) is 19.4 Å². The number of benzene rings is 2. The zero-order chi connectivity index (χ0) is 18.1. The fourth-order valence-corrected chi connectivity index (χ4v) is 2.42. The molecule has 5 nitrogen and oxygen atoms in total. The quantitative estimate of drug-likeness (QED) is 0.541. The maximum atomic E-state index is 11.9. The van der Waals surface area contributed by atoms with Crippen molar-refractivity contribution in [3.05, 3.63) is 59.7 Å². The molecule has 25 heavy (non-hydrogen) atoms. The fraction of sp³-hybridized carbons (Fsp3) is 0.300. The zero-order valence-electron chi connectivity index (χ0n) is 14.8. The summed E-state index contributed by atoms with van der Waals surface area (Å²) >= 11 is 0. The van der Waals surface area contributed by atoms with E-state index in [0.717, 1.165) is 11.1 Å². The molecule has 2 aromatic carbocycles. The van der Waals surface area contributed by atoms with Crippen LogP contribution in [0.25, 0.3) is 0 Å². The van der Waals surface area contributed by atoms with Crippen LogP contribution in [0.5, 0.6) is 11.5 Å². The van der Waals surface area contributed by atoms with Gasteiger partial charge in [-0.15, -0.1) is 0 Å². The second-order valence-electron chi connectivity index (χ2n) is 5.33. The second-order valence-corrected chi connectivity index (χ2v) is 5.33. The Hall–Kier alpha value is -2.82.